The summed E-state index contributed by atoms with van der Waals surface area (Å²) >= 11 is 3.15. The lowest BCUT2D eigenvalue weighted by Gasteiger charge is -2.19. The first kappa shape index (κ1) is 15.3. The second-order valence-electron chi connectivity index (χ2n) is 4.18. The summed E-state index contributed by atoms with van der Waals surface area (Å²) in [6.07, 6.45) is -3.00. The fourth-order valence-corrected chi connectivity index (χ4v) is 2.02. The molecule has 0 heterocycles. The molecule has 1 aromatic carbocycles. The van der Waals surface area contributed by atoms with Gasteiger partial charge in [-0.2, -0.15) is 13.2 Å². The van der Waals surface area contributed by atoms with Crippen molar-refractivity contribution >= 4 is 15.9 Å². The Morgan fingerprint density at radius 1 is 1.33 bits per heavy atom. The Labute approximate surface area is 113 Å². The zero-order valence-electron chi connectivity index (χ0n) is 10.4. The van der Waals surface area contributed by atoms with E-state index in [1.54, 1.807) is 13.0 Å². The van der Waals surface area contributed by atoms with Crippen LogP contribution in [0.5, 0.6) is 5.75 Å². The van der Waals surface area contributed by atoms with Crippen molar-refractivity contribution in [1.82, 2.24) is 0 Å². The summed E-state index contributed by atoms with van der Waals surface area (Å²) in [6, 6.07) is 4.16. The van der Waals surface area contributed by atoms with E-state index in [1.165, 1.54) is 6.07 Å². The van der Waals surface area contributed by atoms with Crippen LogP contribution >= 0.6 is 15.9 Å². The minimum atomic E-state index is -4.39. The van der Waals surface area contributed by atoms with E-state index in [-0.39, 0.29) is 11.9 Å². The van der Waals surface area contributed by atoms with Gasteiger partial charge in [-0.25, -0.2) is 0 Å². The lowest BCUT2D eigenvalue weighted by molar-refractivity contribution is -0.139. The topological polar surface area (TPSA) is 9.23 Å². The Kier molecular flexibility index (Phi) is 5.50. The second kappa shape index (κ2) is 6.45. The van der Waals surface area contributed by atoms with E-state index in [4.69, 9.17) is 4.74 Å². The maximum atomic E-state index is 12.9. The Balaban J connectivity index is 3.03. The van der Waals surface area contributed by atoms with Crippen LogP contribution < -0.4 is 4.74 Å². The normalized spacial score (nSPS) is 13.4. The predicted molar refractivity (Wildman–Crippen MR) is 69.1 cm³/mol. The quantitative estimate of drug-likeness (QED) is 0.679. The van der Waals surface area contributed by atoms with Gasteiger partial charge in [-0.1, -0.05) is 35.3 Å². The molecule has 0 radical (unpaired) electrons. The maximum absolute atomic E-state index is 12.9. The van der Waals surface area contributed by atoms with Crippen molar-refractivity contribution < 1.29 is 17.9 Å². The van der Waals surface area contributed by atoms with Crippen molar-refractivity contribution in [1.29, 1.82) is 0 Å². The molecule has 0 aliphatic carbocycles. The molecule has 0 N–H and O–H groups in total. The first-order valence-corrected chi connectivity index (χ1v) is 6.93. The molecule has 1 rings (SSSR count). The molecule has 0 fully saturated rings. The third-order valence-electron chi connectivity index (χ3n) is 2.53. The second-order valence-corrected chi connectivity index (χ2v) is 4.74. The molecular weight excluding hydrogens is 309 g/mol. The molecule has 1 nitrogen and oxygen atoms in total. The van der Waals surface area contributed by atoms with Crippen LogP contribution in [-0.4, -0.2) is 6.10 Å². The van der Waals surface area contributed by atoms with E-state index in [2.05, 4.69) is 15.9 Å². The van der Waals surface area contributed by atoms with Crippen molar-refractivity contribution in [3.8, 4) is 5.75 Å². The lowest BCUT2D eigenvalue weighted by atomic mass is 10.1. The van der Waals surface area contributed by atoms with Crippen LogP contribution in [0.4, 0.5) is 13.2 Å². The third-order valence-corrected chi connectivity index (χ3v) is 3.17. The molecule has 0 spiro atoms. The molecule has 0 amide bonds. The molecule has 1 unspecified atom stereocenters. The molecule has 0 bridgehead atoms. The molecule has 0 aliphatic heterocycles. The van der Waals surface area contributed by atoms with Gasteiger partial charge in [-0.3, -0.25) is 0 Å². The van der Waals surface area contributed by atoms with Crippen molar-refractivity contribution in [3.05, 3.63) is 29.3 Å². The molecule has 18 heavy (non-hydrogen) atoms. The highest BCUT2D eigenvalue weighted by atomic mass is 79.9. The highest BCUT2D eigenvalue weighted by Crippen LogP contribution is 2.37. The van der Waals surface area contributed by atoms with E-state index in [0.717, 1.165) is 18.9 Å². The smallest absolute Gasteiger partial charge is 0.419 e. The summed E-state index contributed by atoms with van der Waals surface area (Å²) in [6.45, 7) is 3.75. The van der Waals surface area contributed by atoms with E-state index in [9.17, 15) is 13.2 Å². The number of hydrogen-bond donors (Lipinski definition) is 0. The summed E-state index contributed by atoms with van der Waals surface area (Å²) in [7, 11) is 0. The number of hydrogen-bond acceptors (Lipinski definition) is 1. The maximum Gasteiger partial charge on any atom is 0.419 e. The van der Waals surface area contributed by atoms with Crippen molar-refractivity contribution in [2.75, 3.05) is 0 Å². The van der Waals surface area contributed by atoms with Crippen LogP contribution in [0.25, 0.3) is 0 Å². The number of halogens is 4. The minimum Gasteiger partial charge on any atom is -0.490 e. The Morgan fingerprint density at radius 3 is 2.50 bits per heavy atom. The summed E-state index contributed by atoms with van der Waals surface area (Å²) in [5, 5.41) is 0.390. The summed E-state index contributed by atoms with van der Waals surface area (Å²) in [5.74, 6) is -0.0897. The van der Waals surface area contributed by atoms with Crippen molar-refractivity contribution in [2.24, 2.45) is 0 Å². The average molecular weight is 325 g/mol. The minimum absolute atomic E-state index is 0.0897. The molecule has 0 saturated heterocycles. The van der Waals surface area contributed by atoms with Crippen LogP contribution in [0.2, 0.25) is 0 Å². The van der Waals surface area contributed by atoms with E-state index >= 15 is 0 Å². The Morgan fingerprint density at radius 2 is 2.00 bits per heavy atom. The Hall–Kier alpha value is -0.710. The molecule has 0 saturated carbocycles. The summed E-state index contributed by atoms with van der Waals surface area (Å²) in [4.78, 5) is 0. The summed E-state index contributed by atoms with van der Waals surface area (Å²) < 4.78 is 44.1. The van der Waals surface area contributed by atoms with E-state index in [0.29, 0.717) is 10.9 Å². The van der Waals surface area contributed by atoms with Crippen LogP contribution in [0.1, 0.15) is 37.8 Å². The van der Waals surface area contributed by atoms with E-state index < -0.39 is 11.7 Å². The van der Waals surface area contributed by atoms with Gasteiger partial charge in [-0.05, 0) is 31.0 Å². The van der Waals surface area contributed by atoms with Gasteiger partial charge in [0.15, 0.2) is 0 Å². The van der Waals surface area contributed by atoms with Crippen LogP contribution in [0.15, 0.2) is 18.2 Å². The SMILES string of the molecule is CCCC(C)Oc1ccc(CBr)cc1C(F)(F)F. The summed E-state index contributed by atoms with van der Waals surface area (Å²) in [5.41, 5.74) is -0.125. The highest BCUT2D eigenvalue weighted by molar-refractivity contribution is 9.08. The van der Waals surface area contributed by atoms with Gasteiger partial charge in [0, 0.05) is 5.33 Å². The lowest BCUT2D eigenvalue weighted by Crippen LogP contribution is -2.15. The van der Waals surface area contributed by atoms with Crippen molar-refractivity contribution in [2.45, 2.75) is 44.3 Å². The van der Waals surface area contributed by atoms with E-state index in [1.807, 2.05) is 6.92 Å². The first-order valence-electron chi connectivity index (χ1n) is 5.81. The number of benzene rings is 1. The van der Waals surface area contributed by atoms with Gasteiger partial charge in [0.1, 0.15) is 5.75 Å². The zero-order chi connectivity index (χ0) is 13.8. The van der Waals surface area contributed by atoms with Gasteiger partial charge in [-0.15, -0.1) is 0 Å². The average Bonchev–Trinajstić information content (AvgIpc) is 2.28. The van der Waals surface area contributed by atoms with Gasteiger partial charge in [0.2, 0.25) is 0 Å². The molecular formula is C13H16BrF3O. The first-order chi connectivity index (χ1) is 8.38. The zero-order valence-corrected chi connectivity index (χ0v) is 11.9. The van der Waals surface area contributed by atoms with Crippen LogP contribution in [-0.2, 0) is 11.5 Å². The molecule has 1 aromatic rings. The number of rotatable bonds is 5. The molecule has 5 heteroatoms. The molecule has 102 valence electrons. The number of ether oxygens (including phenoxy) is 1. The molecule has 1 atom stereocenters. The number of alkyl halides is 4. The van der Waals surface area contributed by atoms with Crippen LogP contribution in [0, 0.1) is 0 Å². The fraction of sp³-hybridized carbons (Fsp3) is 0.538. The monoisotopic (exact) mass is 324 g/mol. The largest absolute Gasteiger partial charge is 0.490 e. The predicted octanol–water partition coefficient (Wildman–Crippen LogP) is 5.17. The van der Waals surface area contributed by atoms with Gasteiger partial charge in [0.25, 0.3) is 0 Å². The highest BCUT2D eigenvalue weighted by Gasteiger charge is 2.34. The Bertz CT molecular complexity index is 390. The van der Waals surface area contributed by atoms with Gasteiger partial charge in [0.05, 0.1) is 11.7 Å². The van der Waals surface area contributed by atoms with Gasteiger partial charge < -0.3 is 4.74 Å². The third kappa shape index (κ3) is 4.19. The van der Waals surface area contributed by atoms with Gasteiger partial charge >= 0.3 is 6.18 Å². The molecule has 0 aromatic heterocycles. The van der Waals surface area contributed by atoms with Crippen LogP contribution in [0.3, 0.4) is 0 Å². The molecule has 0 aliphatic rings. The fourth-order valence-electron chi connectivity index (χ4n) is 1.67. The standard InChI is InChI=1S/C13H16BrF3O/c1-3-4-9(2)18-12-6-5-10(8-14)7-11(12)13(15,16)17/h5-7,9H,3-4,8H2,1-2H3. The van der Waals surface area contributed by atoms with Crippen molar-refractivity contribution in [3.63, 3.8) is 0 Å².